The average Bonchev–Trinajstić information content (AvgIpc) is 3.42. The number of carbonyl (C=O) groups excluding carboxylic acids is 1. The summed E-state index contributed by atoms with van der Waals surface area (Å²) in [5.41, 5.74) is 11.8. The van der Waals surface area contributed by atoms with Crippen LogP contribution < -0.4 is 10.5 Å². The molecular formula is C33H40N6O3. The van der Waals surface area contributed by atoms with Crippen LogP contribution in [0.4, 0.5) is 0 Å². The van der Waals surface area contributed by atoms with E-state index in [9.17, 15) is 4.79 Å². The van der Waals surface area contributed by atoms with Crippen molar-refractivity contribution in [1.29, 1.82) is 0 Å². The summed E-state index contributed by atoms with van der Waals surface area (Å²) in [7, 11) is 3.69. The quantitative estimate of drug-likeness (QED) is 0.348. The van der Waals surface area contributed by atoms with Gasteiger partial charge in [-0.25, -0.2) is 9.97 Å². The van der Waals surface area contributed by atoms with Gasteiger partial charge in [0, 0.05) is 61.9 Å². The van der Waals surface area contributed by atoms with Gasteiger partial charge in [0.2, 0.25) is 0 Å². The Morgan fingerprint density at radius 3 is 2.69 bits per heavy atom. The van der Waals surface area contributed by atoms with E-state index in [2.05, 4.69) is 27.3 Å². The summed E-state index contributed by atoms with van der Waals surface area (Å²) in [5.74, 6) is 2.60. The maximum Gasteiger partial charge on any atom is 0.254 e. The zero-order valence-corrected chi connectivity index (χ0v) is 24.6. The number of nitrogens with zero attached hydrogens (tertiary/aromatic N) is 5. The van der Waals surface area contributed by atoms with Gasteiger partial charge in [-0.15, -0.1) is 0 Å². The topological polar surface area (TPSA) is 100 Å². The van der Waals surface area contributed by atoms with Crippen LogP contribution in [-0.4, -0.2) is 68.4 Å². The van der Waals surface area contributed by atoms with Gasteiger partial charge in [-0.05, 0) is 87.1 Å². The first-order valence-electron chi connectivity index (χ1n) is 15.7. The predicted octanol–water partition coefficient (Wildman–Crippen LogP) is 4.68. The fourth-order valence-electron chi connectivity index (χ4n) is 7.68. The van der Waals surface area contributed by atoms with Gasteiger partial charge in [-0.1, -0.05) is 0 Å². The monoisotopic (exact) mass is 568 g/mol. The highest BCUT2D eigenvalue weighted by Gasteiger charge is 2.47. The van der Waals surface area contributed by atoms with Crippen LogP contribution in [0.2, 0.25) is 0 Å². The largest absolute Gasteiger partial charge is 0.494 e. The fraction of sp³-hybridized carbons (Fsp3) is 0.545. The van der Waals surface area contributed by atoms with Crippen LogP contribution in [0.15, 0.2) is 30.3 Å². The average molecular weight is 569 g/mol. The number of rotatable bonds is 7. The van der Waals surface area contributed by atoms with Crippen LogP contribution in [0.1, 0.15) is 61.0 Å². The third-order valence-electron chi connectivity index (χ3n) is 10.2. The van der Waals surface area contributed by atoms with E-state index in [-0.39, 0.29) is 24.1 Å². The summed E-state index contributed by atoms with van der Waals surface area (Å²) in [6, 6.07) is 10.6. The Hall–Kier alpha value is -3.43. The number of carbonyl (C=O) groups is 1. The molecule has 4 atom stereocenters. The SMILES string of the molecule is COc1cc(C(=O)N2CC3CCC2[C@@H]3N)cc2nc(-c3cc4ccc(CC5CCCCO5)nc4n3CC3CC3)n(C)c12. The zero-order valence-electron chi connectivity index (χ0n) is 24.6. The van der Waals surface area contributed by atoms with Gasteiger partial charge in [-0.3, -0.25) is 4.79 Å². The predicted molar refractivity (Wildman–Crippen MR) is 162 cm³/mol. The molecule has 2 N–H and O–H groups in total. The molecule has 8 rings (SSSR count). The number of hydrogen-bond acceptors (Lipinski definition) is 6. The Kier molecular flexibility index (Phi) is 6.30. The second-order valence-electron chi connectivity index (χ2n) is 13.0. The summed E-state index contributed by atoms with van der Waals surface area (Å²) >= 11 is 0. The van der Waals surface area contributed by atoms with E-state index in [1.54, 1.807) is 7.11 Å². The van der Waals surface area contributed by atoms with Crippen LogP contribution in [0.5, 0.6) is 5.75 Å². The van der Waals surface area contributed by atoms with Gasteiger partial charge in [-0.2, -0.15) is 0 Å². The van der Waals surface area contributed by atoms with E-state index in [4.69, 9.17) is 25.2 Å². The van der Waals surface area contributed by atoms with Crippen LogP contribution in [-0.2, 0) is 24.8 Å². The summed E-state index contributed by atoms with van der Waals surface area (Å²) in [6.07, 6.45) is 9.19. The van der Waals surface area contributed by atoms with E-state index in [1.807, 2.05) is 24.1 Å². The lowest BCUT2D eigenvalue weighted by molar-refractivity contribution is 0.0163. The Balaban J connectivity index is 1.19. The summed E-state index contributed by atoms with van der Waals surface area (Å²) in [5, 5.41) is 1.12. The molecule has 2 bridgehead atoms. The van der Waals surface area contributed by atoms with Crippen molar-refractivity contribution in [2.45, 2.75) is 76.1 Å². The Morgan fingerprint density at radius 2 is 1.98 bits per heavy atom. The van der Waals surface area contributed by atoms with Gasteiger partial charge >= 0.3 is 0 Å². The minimum absolute atomic E-state index is 0.0200. The molecule has 4 aliphatic rings. The highest BCUT2D eigenvalue weighted by Crippen LogP contribution is 2.40. The van der Waals surface area contributed by atoms with Crippen molar-refractivity contribution in [3.8, 4) is 17.3 Å². The Labute approximate surface area is 246 Å². The molecule has 1 aromatic carbocycles. The standard InChI is InChI=1S/C33H40N6O3/c1-37-30-25(13-22(15-28(30)41-2)33(40)39-18-21-9-11-26(39)29(21)34)36-32(37)27-14-20-8-10-23(16-24-5-3-4-12-42-24)35-31(20)38(27)17-19-6-7-19/h8,10,13-15,19,21,24,26,29H,3-7,9,11-12,16-18,34H2,1-2H3/t21?,24?,26?,29-/m1/s1. The molecule has 9 nitrogen and oxygen atoms in total. The van der Waals surface area contributed by atoms with Crippen LogP contribution in [0.3, 0.4) is 0 Å². The number of aryl methyl sites for hydroxylation is 1. The number of likely N-dealkylation sites (tertiary alicyclic amines) is 1. The lowest BCUT2D eigenvalue weighted by Crippen LogP contribution is -2.41. The van der Waals surface area contributed by atoms with Crippen molar-refractivity contribution >= 4 is 28.0 Å². The normalized spacial score (nSPS) is 25.6. The lowest BCUT2D eigenvalue weighted by atomic mass is 10.0. The first-order chi connectivity index (χ1) is 20.5. The smallest absolute Gasteiger partial charge is 0.254 e. The molecule has 0 radical (unpaired) electrons. The number of nitrogens with two attached hydrogens (primary N) is 1. The molecule has 3 aromatic heterocycles. The number of imidazole rings is 1. The first kappa shape index (κ1) is 26.2. The summed E-state index contributed by atoms with van der Waals surface area (Å²) in [6.45, 7) is 2.52. The van der Waals surface area contributed by atoms with E-state index in [0.29, 0.717) is 23.1 Å². The van der Waals surface area contributed by atoms with Crippen molar-refractivity contribution in [2.24, 2.45) is 24.6 Å². The third-order valence-corrected chi connectivity index (χ3v) is 10.2. The number of aromatic nitrogens is 4. The molecule has 4 aromatic rings. The summed E-state index contributed by atoms with van der Waals surface area (Å²) in [4.78, 5) is 26.0. The summed E-state index contributed by atoms with van der Waals surface area (Å²) < 4.78 is 16.3. The molecule has 2 saturated heterocycles. The maximum atomic E-state index is 13.7. The second-order valence-corrected chi connectivity index (χ2v) is 13.0. The van der Waals surface area contributed by atoms with Gasteiger partial charge < -0.3 is 29.2 Å². The first-order valence-corrected chi connectivity index (χ1v) is 15.7. The van der Waals surface area contributed by atoms with Gasteiger partial charge in [0.1, 0.15) is 16.9 Å². The van der Waals surface area contributed by atoms with Crippen LogP contribution >= 0.6 is 0 Å². The van der Waals surface area contributed by atoms with E-state index >= 15 is 0 Å². The van der Waals surface area contributed by atoms with Crippen molar-refractivity contribution in [1.82, 2.24) is 24.0 Å². The van der Waals surface area contributed by atoms with E-state index in [0.717, 1.165) is 91.1 Å². The van der Waals surface area contributed by atoms with Crippen LogP contribution in [0, 0.1) is 11.8 Å². The molecule has 9 heteroatoms. The molecule has 1 amide bonds. The van der Waals surface area contributed by atoms with Crippen molar-refractivity contribution in [2.75, 3.05) is 20.3 Å². The minimum Gasteiger partial charge on any atom is -0.494 e. The van der Waals surface area contributed by atoms with E-state index in [1.165, 1.54) is 19.3 Å². The van der Waals surface area contributed by atoms with Gasteiger partial charge in [0.05, 0.1) is 24.4 Å². The molecule has 2 saturated carbocycles. The number of hydrogen-bond donors (Lipinski definition) is 1. The van der Waals surface area contributed by atoms with Crippen molar-refractivity contribution < 1.29 is 14.3 Å². The Bertz CT molecular complexity index is 1680. The molecule has 220 valence electrons. The Morgan fingerprint density at radius 1 is 1.10 bits per heavy atom. The molecule has 2 aliphatic carbocycles. The van der Waals surface area contributed by atoms with Gasteiger partial charge in [0.25, 0.3) is 5.91 Å². The molecule has 4 fully saturated rings. The number of piperidine rings is 1. The zero-order chi connectivity index (χ0) is 28.5. The van der Waals surface area contributed by atoms with Crippen molar-refractivity contribution in [3.05, 3.63) is 41.6 Å². The highest BCUT2D eigenvalue weighted by molar-refractivity contribution is 6.00. The van der Waals surface area contributed by atoms with Gasteiger partial charge in [0.15, 0.2) is 5.82 Å². The third kappa shape index (κ3) is 4.31. The molecule has 3 unspecified atom stereocenters. The lowest BCUT2D eigenvalue weighted by Gasteiger charge is -2.27. The highest BCUT2D eigenvalue weighted by atomic mass is 16.5. The molecule has 0 spiro atoms. The number of benzene rings is 1. The number of amides is 1. The second kappa shape index (κ2) is 10.1. The number of pyridine rings is 1. The fourth-order valence-corrected chi connectivity index (χ4v) is 7.68. The number of fused-ring (bicyclic) bond motifs is 4. The minimum atomic E-state index is 0.0200. The number of methoxy groups -OCH3 is 1. The number of ether oxygens (including phenoxy) is 2. The molecular weight excluding hydrogens is 528 g/mol. The van der Waals surface area contributed by atoms with Crippen molar-refractivity contribution in [3.63, 3.8) is 0 Å². The van der Waals surface area contributed by atoms with E-state index < -0.39 is 0 Å². The maximum absolute atomic E-state index is 13.7. The molecule has 5 heterocycles. The van der Waals surface area contributed by atoms with Crippen LogP contribution in [0.25, 0.3) is 33.6 Å². The molecule has 2 aliphatic heterocycles. The molecule has 42 heavy (non-hydrogen) atoms.